The number of nitrogens with one attached hydrogen (secondary N) is 1. The third-order valence-electron chi connectivity index (χ3n) is 3.50. The minimum atomic E-state index is -0.0831. The number of amides is 1. The van der Waals surface area contributed by atoms with Crippen LogP contribution in [-0.2, 0) is 11.3 Å². The molecule has 1 N–H and O–H groups in total. The van der Waals surface area contributed by atoms with Gasteiger partial charge in [0.1, 0.15) is 0 Å². The summed E-state index contributed by atoms with van der Waals surface area (Å²) in [6, 6.07) is 17.9. The Kier molecular flexibility index (Phi) is 6.89. The van der Waals surface area contributed by atoms with Crippen molar-refractivity contribution in [3.05, 3.63) is 54.6 Å². The molecule has 1 heterocycles. The summed E-state index contributed by atoms with van der Waals surface area (Å²) in [5, 5.41) is 15.3. The third kappa shape index (κ3) is 5.83. The second-order valence-electron chi connectivity index (χ2n) is 6.29. The van der Waals surface area contributed by atoms with E-state index in [0.717, 1.165) is 22.0 Å². The molecule has 27 heavy (non-hydrogen) atoms. The van der Waals surface area contributed by atoms with Crippen LogP contribution in [0.1, 0.15) is 13.8 Å². The van der Waals surface area contributed by atoms with Gasteiger partial charge in [0.05, 0.1) is 11.4 Å². The number of rotatable bonds is 8. The van der Waals surface area contributed by atoms with Gasteiger partial charge in [-0.1, -0.05) is 67.7 Å². The zero-order valence-corrected chi connectivity index (χ0v) is 16.8. The van der Waals surface area contributed by atoms with Crippen LogP contribution in [0, 0.1) is 5.92 Å². The SMILES string of the molecule is CC(C)Cn1nnnc1SCC(=O)Nc1ccccc1Sc1ccccc1. The van der Waals surface area contributed by atoms with E-state index in [0.29, 0.717) is 11.1 Å². The van der Waals surface area contributed by atoms with E-state index in [9.17, 15) is 4.79 Å². The van der Waals surface area contributed by atoms with E-state index in [2.05, 4.69) is 34.7 Å². The summed E-state index contributed by atoms with van der Waals surface area (Å²) in [6.45, 7) is 4.93. The number of hydrogen-bond acceptors (Lipinski definition) is 6. The lowest BCUT2D eigenvalue weighted by Crippen LogP contribution is -2.15. The number of anilines is 1. The van der Waals surface area contributed by atoms with Crippen LogP contribution >= 0.6 is 23.5 Å². The van der Waals surface area contributed by atoms with Crippen molar-refractivity contribution >= 4 is 35.1 Å². The number of hydrogen-bond donors (Lipinski definition) is 1. The maximum Gasteiger partial charge on any atom is 0.234 e. The molecule has 0 bridgehead atoms. The highest BCUT2D eigenvalue weighted by atomic mass is 32.2. The molecular weight excluding hydrogens is 378 g/mol. The number of tetrazole rings is 1. The molecule has 0 spiro atoms. The van der Waals surface area contributed by atoms with Crippen LogP contribution in [0.15, 0.2) is 69.5 Å². The summed E-state index contributed by atoms with van der Waals surface area (Å²) in [4.78, 5) is 14.6. The Morgan fingerprint density at radius 2 is 1.85 bits per heavy atom. The molecule has 140 valence electrons. The minimum absolute atomic E-state index is 0.0831. The highest BCUT2D eigenvalue weighted by molar-refractivity contribution is 8.00. The van der Waals surface area contributed by atoms with Crippen molar-refractivity contribution in [2.24, 2.45) is 5.92 Å². The first-order valence-corrected chi connectivity index (χ1v) is 10.4. The topological polar surface area (TPSA) is 72.7 Å². The first-order valence-electron chi connectivity index (χ1n) is 8.62. The predicted octanol–water partition coefficient (Wildman–Crippen LogP) is 4.21. The molecule has 1 amide bonds. The van der Waals surface area contributed by atoms with Gasteiger partial charge in [0.25, 0.3) is 0 Å². The number of carbonyl (C=O) groups excluding carboxylic acids is 1. The van der Waals surface area contributed by atoms with E-state index in [1.54, 1.807) is 16.4 Å². The second kappa shape index (κ2) is 9.57. The van der Waals surface area contributed by atoms with Crippen LogP contribution in [0.4, 0.5) is 5.69 Å². The van der Waals surface area contributed by atoms with Crippen LogP contribution in [0.2, 0.25) is 0 Å². The molecule has 0 saturated carbocycles. The van der Waals surface area contributed by atoms with Crippen LogP contribution in [0.25, 0.3) is 0 Å². The van der Waals surface area contributed by atoms with Crippen molar-refractivity contribution in [2.45, 2.75) is 35.3 Å². The van der Waals surface area contributed by atoms with Crippen molar-refractivity contribution in [1.29, 1.82) is 0 Å². The fourth-order valence-electron chi connectivity index (χ4n) is 2.35. The molecule has 0 aliphatic heterocycles. The molecule has 3 aromatic rings. The molecular formula is C19H21N5OS2. The van der Waals surface area contributed by atoms with Crippen molar-refractivity contribution < 1.29 is 4.79 Å². The summed E-state index contributed by atoms with van der Waals surface area (Å²) in [5.74, 6) is 0.604. The normalized spacial score (nSPS) is 10.9. The lowest BCUT2D eigenvalue weighted by atomic mass is 10.2. The van der Waals surface area contributed by atoms with E-state index in [4.69, 9.17) is 0 Å². The maximum absolute atomic E-state index is 12.4. The van der Waals surface area contributed by atoms with Crippen molar-refractivity contribution in [1.82, 2.24) is 20.2 Å². The monoisotopic (exact) mass is 399 g/mol. The lowest BCUT2D eigenvalue weighted by molar-refractivity contribution is -0.113. The van der Waals surface area contributed by atoms with Gasteiger partial charge in [-0.3, -0.25) is 4.79 Å². The molecule has 0 fully saturated rings. The fourth-order valence-corrected chi connectivity index (χ4v) is 3.96. The van der Waals surface area contributed by atoms with Gasteiger partial charge in [0.15, 0.2) is 0 Å². The molecule has 0 atom stereocenters. The maximum atomic E-state index is 12.4. The molecule has 6 nitrogen and oxygen atoms in total. The zero-order chi connectivity index (χ0) is 19.1. The molecule has 8 heteroatoms. The molecule has 0 saturated heterocycles. The summed E-state index contributed by atoms with van der Waals surface area (Å²) >= 11 is 2.96. The Hall–Kier alpha value is -2.32. The number of para-hydroxylation sites is 1. The Balaban J connectivity index is 1.61. The van der Waals surface area contributed by atoms with E-state index in [1.165, 1.54) is 11.8 Å². The number of benzene rings is 2. The highest BCUT2D eigenvalue weighted by Crippen LogP contribution is 2.33. The fraction of sp³-hybridized carbons (Fsp3) is 0.263. The number of aromatic nitrogens is 4. The van der Waals surface area contributed by atoms with Crippen LogP contribution < -0.4 is 5.32 Å². The zero-order valence-electron chi connectivity index (χ0n) is 15.2. The van der Waals surface area contributed by atoms with Crippen LogP contribution in [0.3, 0.4) is 0 Å². The molecule has 1 aromatic heterocycles. The Morgan fingerprint density at radius 3 is 2.63 bits per heavy atom. The standard InChI is InChI=1S/C19H21N5OS2/c1-14(2)12-24-19(21-22-23-24)26-13-18(25)20-16-10-6-7-11-17(16)27-15-8-4-3-5-9-15/h3-11,14H,12-13H2,1-2H3,(H,20,25). The van der Waals surface area contributed by atoms with Gasteiger partial charge in [-0.15, -0.1) is 5.10 Å². The second-order valence-corrected chi connectivity index (χ2v) is 8.34. The summed E-state index contributed by atoms with van der Waals surface area (Å²) in [6.07, 6.45) is 0. The van der Waals surface area contributed by atoms with Gasteiger partial charge < -0.3 is 5.32 Å². The van der Waals surface area contributed by atoms with Gasteiger partial charge in [-0.2, -0.15) is 0 Å². The van der Waals surface area contributed by atoms with E-state index >= 15 is 0 Å². The van der Waals surface area contributed by atoms with Crippen molar-refractivity contribution in [3.63, 3.8) is 0 Å². The quantitative estimate of drug-likeness (QED) is 0.572. The molecule has 0 aliphatic rings. The Labute approximate surface area is 167 Å². The summed E-state index contributed by atoms with van der Waals surface area (Å²) in [7, 11) is 0. The van der Waals surface area contributed by atoms with Crippen LogP contribution in [-0.4, -0.2) is 31.9 Å². The molecule has 2 aromatic carbocycles. The van der Waals surface area contributed by atoms with Crippen molar-refractivity contribution in [2.75, 3.05) is 11.1 Å². The van der Waals surface area contributed by atoms with Crippen molar-refractivity contribution in [3.8, 4) is 0 Å². The Bertz CT molecular complexity index is 883. The lowest BCUT2D eigenvalue weighted by Gasteiger charge is -2.11. The van der Waals surface area contributed by atoms with Gasteiger partial charge in [-0.05, 0) is 40.6 Å². The Morgan fingerprint density at radius 1 is 1.11 bits per heavy atom. The smallest absolute Gasteiger partial charge is 0.234 e. The first kappa shape index (κ1) is 19.4. The molecule has 0 radical (unpaired) electrons. The number of thioether (sulfide) groups is 1. The number of carbonyl (C=O) groups is 1. The van der Waals surface area contributed by atoms with Gasteiger partial charge in [0, 0.05) is 16.3 Å². The third-order valence-corrected chi connectivity index (χ3v) is 5.54. The minimum Gasteiger partial charge on any atom is -0.324 e. The van der Waals surface area contributed by atoms with Gasteiger partial charge in [0.2, 0.25) is 11.1 Å². The average Bonchev–Trinajstić information content (AvgIpc) is 3.09. The van der Waals surface area contributed by atoms with E-state index in [1.807, 2.05) is 54.6 Å². The number of nitrogens with zero attached hydrogens (tertiary/aromatic N) is 4. The first-order chi connectivity index (χ1) is 13.1. The van der Waals surface area contributed by atoms with Crippen LogP contribution in [0.5, 0.6) is 0 Å². The molecule has 0 unspecified atom stereocenters. The largest absolute Gasteiger partial charge is 0.324 e. The predicted molar refractivity (Wildman–Crippen MR) is 109 cm³/mol. The average molecular weight is 400 g/mol. The van der Waals surface area contributed by atoms with E-state index in [-0.39, 0.29) is 11.7 Å². The highest BCUT2D eigenvalue weighted by Gasteiger charge is 2.12. The van der Waals surface area contributed by atoms with Gasteiger partial charge in [-0.25, -0.2) is 4.68 Å². The van der Waals surface area contributed by atoms with E-state index < -0.39 is 0 Å². The van der Waals surface area contributed by atoms with Gasteiger partial charge >= 0.3 is 0 Å². The summed E-state index contributed by atoms with van der Waals surface area (Å²) in [5.41, 5.74) is 0.804. The summed E-state index contributed by atoms with van der Waals surface area (Å²) < 4.78 is 1.74. The molecule has 0 aliphatic carbocycles. The molecule has 3 rings (SSSR count).